The number of benzene rings is 9. The second kappa shape index (κ2) is 12.7. The Morgan fingerprint density at radius 1 is 0.309 bits per heavy atom. The van der Waals surface area contributed by atoms with Crippen LogP contribution in [0.4, 0.5) is 0 Å². The summed E-state index contributed by atoms with van der Waals surface area (Å²) in [6, 6.07) is 69.5. The van der Waals surface area contributed by atoms with Crippen molar-refractivity contribution in [3.8, 4) is 55.8 Å². The van der Waals surface area contributed by atoms with Crippen LogP contribution in [0.2, 0.25) is 0 Å². The highest BCUT2D eigenvalue weighted by Crippen LogP contribution is 2.44. The molecular weight excluding hydrogens is 667 g/mol. The molecule has 0 saturated carbocycles. The fourth-order valence-electron chi connectivity index (χ4n) is 8.48. The minimum atomic E-state index is 0.906. The van der Waals surface area contributed by atoms with E-state index in [1.807, 2.05) is 6.20 Å². The monoisotopic (exact) mass is 699 g/mol. The summed E-state index contributed by atoms with van der Waals surface area (Å²) in [7, 11) is 0. The van der Waals surface area contributed by atoms with Crippen LogP contribution < -0.4 is 0 Å². The molecule has 0 amide bonds. The van der Waals surface area contributed by atoms with Crippen molar-refractivity contribution in [1.29, 1.82) is 0 Å². The summed E-state index contributed by atoms with van der Waals surface area (Å²) in [6.07, 6.45) is 2.04. The Kier molecular flexibility index (Phi) is 7.21. The fourth-order valence-corrected chi connectivity index (χ4v) is 8.48. The molecule has 11 aromatic rings. The van der Waals surface area contributed by atoms with E-state index in [9.17, 15) is 0 Å². The van der Waals surface area contributed by atoms with E-state index in [1.54, 1.807) is 0 Å². The second-order valence-electron chi connectivity index (χ2n) is 14.3. The molecule has 0 aliphatic carbocycles. The Balaban J connectivity index is 0.949. The number of fused-ring (bicyclic) bond motifs is 7. The van der Waals surface area contributed by atoms with Crippen LogP contribution in [0.15, 0.2) is 205 Å². The van der Waals surface area contributed by atoms with Crippen LogP contribution in [0.25, 0.3) is 110 Å². The Labute approximate surface area is 318 Å². The molecule has 0 atom stereocenters. The van der Waals surface area contributed by atoms with Crippen molar-refractivity contribution in [1.82, 2.24) is 4.98 Å². The van der Waals surface area contributed by atoms with Crippen molar-refractivity contribution >= 4 is 54.3 Å². The van der Waals surface area contributed by atoms with E-state index >= 15 is 0 Å². The van der Waals surface area contributed by atoms with Crippen molar-refractivity contribution in [2.24, 2.45) is 0 Å². The number of furan rings is 1. The van der Waals surface area contributed by atoms with Gasteiger partial charge in [-0.3, -0.25) is 4.98 Å². The summed E-state index contributed by atoms with van der Waals surface area (Å²) < 4.78 is 6.25. The number of aromatic nitrogens is 1. The minimum absolute atomic E-state index is 0.906. The number of rotatable bonds is 5. The Morgan fingerprint density at radius 2 is 0.800 bits per heavy atom. The van der Waals surface area contributed by atoms with Gasteiger partial charge in [-0.15, -0.1) is 0 Å². The molecule has 0 radical (unpaired) electrons. The molecule has 2 nitrogen and oxygen atoms in total. The smallest absolute Gasteiger partial charge is 0.136 e. The fraction of sp³-hybridized carbons (Fsp3) is 0. The first kappa shape index (κ1) is 31.3. The van der Waals surface area contributed by atoms with E-state index in [4.69, 9.17) is 9.40 Å². The highest BCUT2D eigenvalue weighted by molar-refractivity contribution is 6.22. The van der Waals surface area contributed by atoms with E-state index < -0.39 is 0 Å². The van der Waals surface area contributed by atoms with Gasteiger partial charge in [-0.05, 0) is 95.5 Å². The van der Waals surface area contributed by atoms with Crippen LogP contribution in [-0.2, 0) is 0 Å². The van der Waals surface area contributed by atoms with Gasteiger partial charge in [0, 0.05) is 28.1 Å². The second-order valence-corrected chi connectivity index (χ2v) is 14.3. The van der Waals surface area contributed by atoms with Crippen LogP contribution >= 0.6 is 0 Å². The third-order valence-electron chi connectivity index (χ3n) is 11.1. The van der Waals surface area contributed by atoms with Gasteiger partial charge in [0.2, 0.25) is 0 Å². The molecule has 0 aliphatic rings. The van der Waals surface area contributed by atoms with Crippen molar-refractivity contribution < 1.29 is 4.42 Å². The summed E-state index contributed by atoms with van der Waals surface area (Å²) >= 11 is 0. The van der Waals surface area contributed by atoms with Crippen LogP contribution in [0.1, 0.15) is 0 Å². The summed E-state index contributed by atoms with van der Waals surface area (Å²) in [5.74, 6) is 0. The zero-order valence-corrected chi connectivity index (χ0v) is 29.9. The number of hydrogen-bond acceptors (Lipinski definition) is 2. The Morgan fingerprint density at radius 3 is 1.45 bits per heavy atom. The highest BCUT2D eigenvalue weighted by Gasteiger charge is 2.17. The van der Waals surface area contributed by atoms with Crippen molar-refractivity contribution in [2.45, 2.75) is 0 Å². The van der Waals surface area contributed by atoms with E-state index in [1.165, 1.54) is 65.5 Å². The van der Waals surface area contributed by atoms with Gasteiger partial charge in [0.1, 0.15) is 11.2 Å². The van der Waals surface area contributed by atoms with Crippen molar-refractivity contribution in [3.05, 3.63) is 200 Å². The lowest BCUT2D eigenvalue weighted by Crippen LogP contribution is -1.92. The highest BCUT2D eigenvalue weighted by atomic mass is 16.3. The molecule has 0 aliphatic heterocycles. The van der Waals surface area contributed by atoms with Crippen LogP contribution in [0.3, 0.4) is 0 Å². The van der Waals surface area contributed by atoms with E-state index in [-0.39, 0.29) is 0 Å². The topological polar surface area (TPSA) is 26.0 Å². The summed E-state index contributed by atoms with van der Waals surface area (Å²) in [5, 5.41) is 9.65. The minimum Gasteiger partial charge on any atom is -0.456 e. The molecule has 55 heavy (non-hydrogen) atoms. The predicted octanol–water partition coefficient (Wildman–Crippen LogP) is 14.8. The molecule has 0 bridgehead atoms. The maximum absolute atomic E-state index is 6.25. The SMILES string of the molecule is c1ccc(-c2ccc(-c3c4ccccc4c(-c4ccc(-c5ccc(-c6ccc7oc8ccc9ccccc9c8c7c6)cc5)nc4)c4ccccc34)cc2)cc1. The van der Waals surface area contributed by atoms with Crippen molar-refractivity contribution in [2.75, 3.05) is 0 Å². The Bertz CT molecular complexity index is 3160. The first-order valence-corrected chi connectivity index (χ1v) is 18.8. The summed E-state index contributed by atoms with van der Waals surface area (Å²) in [6.45, 7) is 0. The molecule has 256 valence electrons. The molecule has 2 heteroatoms. The number of pyridine rings is 1. The van der Waals surface area contributed by atoms with Gasteiger partial charge in [0.25, 0.3) is 0 Å². The molecule has 0 saturated heterocycles. The lowest BCUT2D eigenvalue weighted by Gasteiger charge is -2.18. The molecule has 9 aromatic carbocycles. The molecule has 0 fully saturated rings. The summed E-state index contributed by atoms with van der Waals surface area (Å²) in [5.41, 5.74) is 13.4. The van der Waals surface area contributed by atoms with Gasteiger partial charge in [0.15, 0.2) is 0 Å². The van der Waals surface area contributed by atoms with Gasteiger partial charge in [0.05, 0.1) is 5.69 Å². The maximum atomic E-state index is 6.25. The van der Waals surface area contributed by atoms with Gasteiger partial charge >= 0.3 is 0 Å². The van der Waals surface area contributed by atoms with Gasteiger partial charge in [-0.25, -0.2) is 0 Å². The standard InChI is InChI=1S/C53H33NO/c1-2-10-34(11-3-1)35-20-24-39(25-21-35)51-43-14-6-8-16-45(43)52(46-17-9-7-15-44(46)51)41-26-29-48(54-33-41)38-22-18-36(19-23-38)40-28-30-49-47(32-40)53-42-13-5-4-12-37(42)27-31-50(53)55-49/h1-33H. The predicted molar refractivity (Wildman–Crippen MR) is 231 cm³/mol. The third kappa shape index (κ3) is 5.22. The first-order valence-electron chi connectivity index (χ1n) is 18.8. The largest absolute Gasteiger partial charge is 0.456 e. The Hall–Kier alpha value is -7.29. The zero-order valence-electron chi connectivity index (χ0n) is 29.9. The van der Waals surface area contributed by atoms with Crippen LogP contribution in [0.5, 0.6) is 0 Å². The van der Waals surface area contributed by atoms with Crippen molar-refractivity contribution in [3.63, 3.8) is 0 Å². The average Bonchev–Trinajstić information content (AvgIpc) is 3.65. The summed E-state index contributed by atoms with van der Waals surface area (Å²) in [4.78, 5) is 5.05. The molecule has 2 aromatic heterocycles. The maximum Gasteiger partial charge on any atom is 0.136 e. The zero-order chi connectivity index (χ0) is 36.3. The van der Waals surface area contributed by atoms with E-state index in [2.05, 4.69) is 194 Å². The molecule has 2 heterocycles. The molecule has 0 N–H and O–H groups in total. The lowest BCUT2D eigenvalue weighted by atomic mass is 9.86. The van der Waals surface area contributed by atoms with Gasteiger partial charge < -0.3 is 4.42 Å². The normalized spacial score (nSPS) is 11.6. The van der Waals surface area contributed by atoms with Gasteiger partial charge in [-0.1, -0.05) is 170 Å². The van der Waals surface area contributed by atoms with Crippen LogP contribution in [0, 0.1) is 0 Å². The van der Waals surface area contributed by atoms with Crippen LogP contribution in [-0.4, -0.2) is 4.98 Å². The molecule has 11 rings (SSSR count). The average molecular weight is 700 g/mol. The molecular formula is C53H33NO. The number of hydrogen-bond donors (Lipinski definition) is 0. The first-order chi connectivity index (χ1) is 27.3. The number of nitrogens with zero attached hydrogens (tertiary/aromatic N) is 1. The van der Waals surface area contributed by atoms with E-state index in [0.717, 1.165) is 44.5 Å². The van der Waals surface area contributed by atoms with E-state index in [0.29, 0.717) is 0 Å². The molecule has 0 spiro atoms. The third-order valence-corrected chi connectivity index (χ3v) is 11.1. The quantitative estimate of drug-likeness (QED) is 0.167. The lowest BCUT2D eigenvalue weighted by molar-refractivity contribution is 0.669. The van der Waals surface area contributed by atoms with Gasteiger partial charge in [-0.2, -0.15) is 0 Å². The molecule has 0 unspecified atom stereocenters.